The number of unbranched alkanes of at least 4 members (excludes halogenated alkanes) is 6. The first kappa shape index (κ1) is 38.6. The van der Waals surface area contributed by atoms with Crippen molar-refractivity contribution in [3.05, 3.63) is 0 Å². The van der Waals surface area contributed by atoms with E-state index >= 15 is 0 Å². The van der Waals surface area contributed by atoms with Crippen LogP contribution in [0.25, 0.3) is 0 Å². The van der Waals surface area contributed by atoms with Gasteiger partial charge in [0.25, 0.3) is 10.1 Å². The van der Waals surface area contributed by atoms with Gasteiger partial charge >= 0.3 is 103 Å². The Morgan fingerprint density at radius 2 is 1.28 bits per heavy atom. The molecule has 0 spiro atoms. The Morgan fingerprint density at radius 3 is 1.59 bits per heavy atom. The zero-order valence-corrected chi connectivity index (χ0v) is 28.1. The van der Waals surface area contributed by atoms with E-state index in [1.165, 1.54) is 0 Å². The molecule has 0 bridgehead atoms. The standard InChI is InChI=1S/C22H42O7S.2K/c1-5-9-11-13-15-17(7-3)19(20(23)24)22(21(25)26,30(27,28)29)18(8-4)16-14-12-10-6-2;;/h17-19H,5-16H2,1-4H3,(H,23,24)(H,25,26)(H,27,28,29);;/q;2*+1/p-2. The van der Waals surface area contributed by atoms with Gasteiger partial charge in [-0.2, -0.15) is 8.42 Å². The summed E-state index contributed by atoms with van der Waals surface area (Å²) in [5.41, 5.74) is 0. The second kappa shape index (κ2) is 20.2. The van der Waals surface area contributed by atoms with Gasteiger partial charge in [-0.25, -0.2) is 0 Å². The Kier molecular flexibility index (Phi) is 24.4. The van der Waals surface area contributed by atoms with Crippen molar-refractivity contribution in [3.8, 4) is 0 Å². The van der Waals surface area contributed by atoms with Crippen LogP contribution < -0.4 is 113 Å². The van der Waals surface area contributed by atoms with Gasteiger partial charge < -0.3 is 19.8 Å². The van der Waals surface area contributed by atoms with Gasteiger partial charge in [-0.05, 0) is 24.7 Å². The number of carbonyl (C=O) groups excluding carboxylic acids is 2. The maximum atomic E-state index is 12.6. The van der Waals surface area contributed by atoms with Crippen LogP contribution in [0.3, 0.4) is 0 Å². The van der Waals surface area contributed by atoms with Crippen LogP contribution in [-0.4, -0.2) is 29.7 Å². The zero-order chi connectivity index (χ0) is 23.4. The Hall–Kier alpha value is 2.12. The fourth-order valence-corrected chi connectivity index (χ4v) is 6.25. The predicted octanol–water partition coefficient (Wildman–Crippen LogP) is -3.27. The summed E-state index contributed by atoms with van der Waals surface area (Å²) in [5.74, 6) is -7.52. The minimum atomic E-state index is -5.30. The van der Waals surface area contributed by atoms with Crippen LogP contribution in [0.2, 0.25) is 0 Å². The molecule has 0 aromatic heterocycles. The molecule has 0 rings (SSSR count). The first-order valence-electron chi connectivity index (χ1n) is 11.4. The number of carboxylic acid groups (broad SMARTS) is 2. The van der Waals surface area contributed by atoms with Crippen LogP contribution in [0.1, 0.15) is 105 Å². The fourth-order valence-electron chi connectivity index (χ4n) is 4.72. The van der Waals surface area contributed by atoms with Crippen molar-refractivity contribution in [2.24, 2.45) is 17.8 Å². The fraction of sp³-hybridized carbons (Fsp3) is 0.909. The topological polar surface area (TPSA) is 135 Å². The molecular formula is C22H40K2O7S. The van der Waals surface area contributed by atoms with Crippen LogP contribution in [0.5, 0.6) is 0 Å². The summed E-state index contributed by atoms with van der Waals surface area (Å²) in [5, 5.41) is 24.6. The largest absolute Gasteiger partial charge is 1.00 e. The smallest absolute Gasteiger partial charge is 0.550 e. The first-order valence-corrected chi connectivity index (χ1v) is 12.9. The second-order valence-corrected chi connectivity index (χ2v) is 9.95. The second-order valence-electron chi connectivity index (χ2n) is 8.32. The molecular weight excluding hydrogens is 486 g/mol. The first-order chi connectivity index (χ1) is 14.1. The molecule has 4 unspecified atom stereocenters. The van der Waals surface area contributed by atoms with Crippen molar-refractivity contribution in [1.82, 2.24) is 0 Å². The van der Waals surface area contributed by atoms with E-state index in [0.717, 1.165) is 38.5 Å². The monoisotopic (exact) mass is 526 g/mol. The Labute approximate surface area is 280 Å². The average Bonchev–Trinajstić information content (AvgIpc) is 2.66. The Bertz CT molecular complexity index is 628. The van der Waals surface area contributed by atoms with Gasteiger partial charge in [-0.15, -0.1) is 0 Å². The minimum Gasteiger partial charge on any atom is -0.550 e. The van der Waals surface area contributed by atoms with E-state index in [2.05, 4.69) is 0 Å². The van der Waals surface area contributed by atoms with Crippen LogP contribution in [-0.2, 0) is 19.7 Å². The molecule has 10 heteroatoms. The molecule has 0 heterocycles. The molecule has 7 nitrogen and oxygen atoms in total. The Morgan fingerprint density at radius 1 is 0.812 bits per heavy atom. The molecule has 0 saturated carbocycles. The number of hydrogen-bond donors (Lipinski definition) is 1. The predicted molar refractivity (Wildman–Crippen MR) is 113 cm³/mol. The maximum Gasteiger partial charge on any atom is 1.00 e. The summed E-state index contributed by atoms with van der Waals surface area (Å²) in [6, 6.07) is 0. The van der Waals surface area contributed by atoms with E-state index in [-0.39, 0.29) is 122 Å². The molecule has 0 radical (unpaired) electrons. The molecule has 0 aliphatic rings. The van der Waals surface area contributed by atoms with E-state index in [1.807, 2.05) is 13.8 Å². The molecule has 0 saturated heterocycles. The van der Waals surface area contributed by atoms with E-state index in [0.29, 0.717) is 19.3 Å². The number of rotatable bonds is 18. The van der Waals surface area contributed by atoms with Gasteiger partial charge in [0.15, 0.2) is 0 Å². The summed E-state index contributed by atoms with van der Waals surface area (Å²) < 4.78 is 32.4. The maximum absolute atomic E-state index is 12.6. The molecule has 0 aliphatic carbocycles. The molecule has 0 fully saturated rings. The SMILES string of the molecule is CCCCCCC(CC)C(C(=O)[O-])C(C(=O)[O-])(C(CC)CCCCCC)S(=O)(=O)O.[K+].[K+]. The molecule has 0 aromatic rings. The summed E-state index contributed by atoms with van der Waals surface area (Å²) in [7, 11) is -5.30. The molecule has 1 N–H and O–H groups in total. The number of aliphatic carboxylic acids is 2. The summed E-state index contributed by atoms with van der Waals surface area (Å²) in [6.07, 6.45) is 7.47. The van der Waals surface area contributed by atoms with Crippen molar-refractivity contribution < 1.29 is 136 Å². The molecule has 4 atom stereocenters. The van der Waals surface area contributed by atoms with Crippen LogP contribution in [0, 0.1) is 17.8 Å². The third-order valence-corrected chi connectivity index (χ3v) is 8.00. The number of hydrogen-bond acceptors (Lipinski definition) is 6. The normalized spacial score (nSPS) is 16.0. The summed E-state index contributed by atoms with van der Waals surface area (Å²) in [6.45, 7) is 7.36. The number of carboxylic acids is 2. The van der Waals surface area contributed by atoms with Crippen LogP contribution >= 0.6 is 0 Å². The van der Waals surface area contributed by atoms with Crippen molar-refractivity contribution in [2.45, 2.75) is 109 Å². The van der Waals surface area contributed by atoms with Crippen molar-refractivity contribution in [2.75, 3.05) is 0 Å². The quantitative estimate of drug-likeness (QED) is 0.112. The van der Waals surface area contributed by atoms with Gasteiger partial charge in [-0.3, -0.25) is 4.55 Å². The Balaban J connectivity index is -0.00000420. The average molecular weight is 527 g/mol. The van der Waals surface area contributed by atoms with E-state index in [9.17, 15) is 32.8 Å². The van der Waals surface area contributed by atoms with Gasteiger partial charge in [0.1, 0.15) is 4.75 Å². The van der Waals surface area contributed by atoms with Gasteiger partial charge in [0, 0.05) is 11.9 Å². The van der Waals surface area contributed by atoms with Crippen molar-refractivity contribution in [3.63, 3.8) is 0 Å². The zero-order valence-electron chi connectivity index (χ0n) is 21.0. The molecule has 0 amide bonds. The molecule has 32 heavy (non-hydrogen) atoms. The summed E-state index contributed by atoms with van der Waals surface area (Å²) >= 11 is 0. The van der Waals surface area contributed by atoms with E-state index in [1.54, 1.807) is 13.8 Å². The minimum absolute atomic E-state index is 0. The van der Waals surface area contributed by atoms with Crippen LogP contribution in [0.4, 0.5) is 0 Å². The molecule has 0 aromatic carbocycles. The number of carbonyl (C=O) groups is 2. The van der Waals surface area contributed by atoms with Crippen LogP contribution in [0.15, 0.2) is 0 Å². The third kappa shape index (κ3) is 11.0. The van der Waals surface area contributed by atoms with E-state index < -0.39 is 44.6 Å². The van der Waals surface area contributed by atoms with Crippen molar-refractivity contribution in [1.29, 1.82) is 0 Å². The third-order valence-electron chi connectivity index (χ3n) is 6.39. The molecule has 178 valence electrons. The van der Waals surface area contributed by atoms with Gasteiger partial charge in [0.05, 0.1) is 5.97 Å². The van der Waals surface area contributed by atoms with E-state index in [4.69, 9.17) is 0 Å². The van der Waals surface area contributed by atoms with Gasteiger partial charge in [0.2, 0.25) is 0 Å². The summed E-state index contributed by atoms with van der Waals surface area (Å²) in [4.78, 5) is 24.6. The van der Waals surface area contributed by atoms with Crippen molar-refractivity contribution >= 4 is 22.1 Å². The molecule has 0 aliphatic heterocycles. The van der Waals surface area contributed by atoms with Gasteiger partial charge in [-0.1, -0.05) is 91.9 Å².